The molecule has 5 heteroatoms. The minimum Gasteiger partial charge on any atom is -0.508 e. The number of phenols is 1. The number of hydrogen-bond acceptors (Lipinski definition) is 5. The predicted octanol–water partition coefficient (Wildman–Crippen LogP) is 2.60. The van der Waals surface area contributed by atoms with Gasteiger partial charge in [0.25, 0.3) is 11.8 Å². The maximum atomic E-state index is 9.67. The van der Waals surface area contributed by atoms with E-state index in [-0.39, 0.29) is 5.75 Å². The van der Waals surface area contributed by atoms with Gasteiger partial charge in [-0.1, -0.05) is 6.07 Å². The van der Waals surface area contributed by atoms with Crippen molar-refractivity contribution in [2.75, 3.05) is 18.0 Å². The Morgan fingerprint density at radius 3 is 2.61 bits per heavy atom. The summed E-state index contributed by atoms with van der Waals surface area (Å²) in [5, 5.41) is 13.6. The number of phenolic OH excluding ortho intramolecular Hbond substituents is 1. The molecular weight excluding hydrogens is 230 g/mol. The van der Waals surface area contributed by atoms with E-state index in [1.54, 1.807) is 6.07 Å². The third kappa shape index (κ3) is 2.30. The van der Waals surface area contributed by atoms with Crippen molar-refractivity contribution in [1.29, 1.82) is 0 Å². The molecule has 0 aliphatic carbocycles. The molecule has 0 spiro atoms. The second-order valence-corrected chi connectivity index (χ2v) is 4.07. The van der Waals surface area contributed by atoms with Crippen molar-refractivity contribution in [2.45, 2.75) is 20.8 Å². The molecule has 0 fully saturated rings. The van der Waals surface area contributed by atoms with Gasteiger partial charge in [-0.05, 0) is 43.6 Å². The van der Waals surface area contributed by atoms with E-state index in [9.17, 15) is 5.11 Å². The Hall–Kier alpha value is -2.04. The second kappa shape index (κ2) is 5.08. The topological polar surface area (TPSA) is 62.4 Å². The molecule has 0 saturated carbocycles. The molecule has 1 aromatic heterocycles. The number of rotatable bonds is 4. The lowest BCUT2D eigenvalue weighted by Crippen LogP contribution is -2.22. The maximum Gasteiger partial charge on any atom is 0.266 e. The number of aromatic hydroxyl groups is 1. The zero-order valence-corrected chi connectivity index (χ0v) is 10.8. The zero-order chi connectivity index (χ0) is 13.1. The molecule has 0 unspecified atom stereocenters. The van der Waals surface area contributed by atoms with E-state index in [0.29, 0.717) is 11.8 Å². The van der Waals surface area contributed by atoms with Crippen LogP contribution in [-0.2, 0) is 0 Å². The molecule has 2 rings (SSSR count). The number of aromatic nitrogens is 2. The van der Waals surface area contributed by atoms with Crippen molar-refractivity contribution in [3.8, 4) is 17.2 Å². The number of anilines is 1. The summed E-state index contributed by atoms with van der Waals surface area (Å²) < 4.78 is 5.22. The first-order chi connectivity index (χ1) is 8.65. The third-order valence-electron chi connectivity index (χ3n) is 2.92. The quantitative estimate of drug-likeness (QED) is 0.899. The average molecular weight is 247 g/mol. The summed E-state index contributed by atoms with van der Waals surface area (Å²) in [7, 11) is 0. The molecule has 0 radical (unpaired) electrons. The Balaban J connectivity index is 2.31. The molecule has 0 aliphatic heterocycles. The van der Waals surface area contributed by atoms with E-state index in [4.69, 9.17) is 4.52 Å². The zero-order valence-electron chi connectivity index (χ0n) is 10.8. The smallest absolute Gasteiger partial charge is 0.266 e. The summed E-state index contributed by atoms with van der Waals surface area (Å²) in [5.74, 6) is 1.23. The molecule has 0 saturated heterocycles. The lowest BCUT2D eigenvalue weighted by molar-refractivity contribution is 0.428. The van der Waals surface area contributed by atoms with Crippen LogP contribution in [0.5, 0.6) is 5.75 Å². The Kier molecular flexibility index (Phi) is 3.50. The van der Waals surface area contributed by atoms with Gasteiger partial charge in [0.05, 0.1) is 0 Å². The molecule has 0 atom stereocenters. The third-order valence-corrected chi connectivity index (χ3v) is 2.92. The summed E-state index contributed by atoms with van der Waals surface area (Å²) >= 11 is 0. The Bertz CT molecular complexity index is 533. The first-order valence-electron chi connectivity index (χ1n) is 6.04. The lowest BCUT2D eigenvalue weighted by Gasteiger charge is -2.14. The van der Waals surface area contributed by atoms with Crippen molar-refractivity contribution >= 4 is 5.95 Å². The van der Waals surface area contributed by atoms with Crippen LogP contribution in [0.25, 0.3) is 11.5 Å². The molecule has 1 heterocycles. The number of benzene rings is 1. The minimum absolute atomic E-state index is 0.232. The molecule has 1 N–H and O–H groups in total. The fourth-order valence-electron chi connectivity index (χ4n) is 1.71. The average Bonchev–Trinajstić information content (AvgIpc) is 2.84. The maximum absolute atomic E-state index is 9.67. The minimum atomic E-state index is 0.232. The first-order valence-corrected chi connectivity index (χ1v) is 6.04. The van der Waals surface area contributed by atoms with Gasteiger partial charge in [0.2, 0.25) is 0 Å². The van der Waals surface area contributed by atoms with Crippen molar-refractivity contribution in [1.82, 2.24) is 10.1 Å². The fourth-order valence-corrected chi connectivity index (χ4v) is 1.71. The highest BCUT2D eigenvalue weighted by Crippen LogP contribution is 2.26. The summed E-state index contributed by atoms with van der Waals surface area (Å²) in [4.78, 5) is 6.33. The van der Waals surface area contributed by atoms with Gasteiger partial charge in [-0.25, -0.2) is 0 Å². The largest absolute Gasteiger partial charge is 0.508 e. The molecule has 2 aromatic rings. The van der Waals surface area contributed by atoms with Crippen LogP contribution in [0.2, 0.25) is 0 Å². The van der Waals surface area contributed by atoms with Crippen molar-refractivity contribution in [3.05, 3.63) is 23.8 Å². The first kappa shape index (κ1) is 12.4. The summed E-state index contributed by atoms with van der Waals surface area (Å²) in [6.07, 6.45) is 0. The van der Waals surface area contributed by atoms with E-state index in [0.717, 1.165) is 24.2 Å². The van der Waals surface area contributed by atoms with Crippen LogP contribution < -0.4 is 4.90 Å². The number of hydrogen-bond donors (Lipinski definition) is 1. The van der Waals surface area contributed by atoms with E-state index < -0.39 is 0 Å². The molecule has 18 heavy (non-hydrogen) atoms. The molecule has 0 bridgehead atoms. The normalized spacial score (nSPS) is 10.6. The van der Waals surface area contributed by atoms with Crippen LogP contribution in [0.1, 0.15) is 19.4 Å². The van der Waals surface area contributed by atoms with Crippen LogP contribution in [0.3, 0.4) is 0 Å². The van der Waals surface area contributed by atoms with Gasteiger partial charge in [0.1, 0.15) is 5.75 Å². The Morgan fingerprint density at radius 1 is 1.28 bits per heavy atom. The predicted molar refractivity (Wildman–Crippen MR) is 69.7 cm³/mol. The highest BCUT2D eigenvalue weighted by atomic mass is 16.5. The molecule has 0 aliphatic rings. The van der Waals surface area contributed by atoms with E-state index in [1.807, 2.05) is 37.8 Å². The van der Waals surface area contributed by atoms with Gasteiger partial charge in [-0.3, -0.25) is 0 Å². The summed E-state index contributed by atoms with van der Waals surface area (Å²) in [5.41, 5.74) is 1.55. The van der Waals surface area contributed by atoms with Crippen molar-refractivity contribution in [3.63, 3.8) is 0 Å². The summed E-state index contributed by atoms with van der Waals surface area (Å²) in [6, 6.07) is 5.31. The summed E-state index contributed by atoms with van der Waals surface area (Å²) in [6.45, 7) is 7.58. The van der Waals surface area contributed by atoms with Crippen LogP contribution in [0.4, 0.5) is 5.95 Å². The van der Waals surface area contributed by atoms with Gasteiger partial charge < -0.3 is 14.5 Å². The number of nitrogens with zero attached hydrogens (tertiary/aromatic N) is 3. The van der Waals surface area contributed by atoms with E-state index in [1.165, 1.54) is 0 Å². The van der Waals surface area contributed by atoms with Crippen LogP contribution in [0, 0.1) is 6.92 Å². The SMILES string of the molecule is CCN(CC)c1noc(-c2ccc(C)c(O)c2)n1. The highest BCUT2D eigenvalue weighted by Gasteiger charge is 2.13. The molecule has 96 valence electrons. The van der Waals surface area contributed by atoms with Gasteiger partial charge in [-0.15, -0.1) is 0 Å². The fraction of sp³-hybridized carbons (Fsp3) is 0.385. The van der Waals surface area contributed by atoms with Gasteiger partial charge >= 0.3 is 0 Å². The highest BCUT2D eigenvalue weighted by molar-refractivity contribution is 5.58. The molecule has 0 amide bonds. The standard InChI is InChI=1S/C13H17N3O2/c1-4-16(5-2)13-14-12(18-15-13)10-7-6-9(3)11(17)8-10/h6-8,17H,4-5H2,1-3H3. The van der Waals surface area contributed by atoms with Crippen LogP contribution >= 0.6 is 0 Å². The van der Waals surface area contributed by atoms with Crippen LogP contribution in [-0.4, -0.2) is 28.3 Å². The van der Waals surface area contributed by atoms with Crippen molar-refractivity contribution < 1.29 is 9.63 Å². The lowest BCUT2D eigenvalue weighted by atomic mass is 10.1. The van der Waals surface area contributed by atoms with E-state index >= 15 is 0 Å². The monoisotopic (exact) mass is 247 g/mol. The van der Waals surface area contributed by atoms with Gasteiger partial charge in [-0.2, -0.15) is 4.98 Å². The van der Waals surface area contributed by atoms with Gasteiger partial charge in [0, 0.05) is 18.7 Å². The van der Waals surface area contributed by atoms with Gasteiger partial charge in [0.15, 0.2) is 0 Å². The molecular formula is C13H17N3O2. The van der Waals surface area contributed by atoms with Crippen LogP contribution in [0.15, 0.2) is 22.7 Å². The number of aryl methyl sites for hydroxylation is 1. The second-order valence-electron chi connectivity index (χ2n) is 4.07. The van der Waals surface area contributed by atoms with Crippen molar-refractivity contribution in [2.24, 2.45) is 0 Å². The van der Waals surface area contributed by atoms with E-state index in [2.05, 4.69) is 10.1 Å². The Morgan fingerprint density at radius 2 is 2.00 bits per heavy atom. The molecule has 5 nitrogen and oxygen atoms in total. The molecule has 1 aromatic carbocycles. The Labute approximate surface area is 106 Å².